The van der Waals surface area contributed by atoms with Crippen LogP contribution in [0.25, 0.3) is 11.2 Å². The number of anilines is 2. The van der Waals surface area contributed by atoms with Crippen molar-refractivity contribution in [3.8, 4) is 5.75 Å². The molecule has 1 aromatic carbocycles. The first kappa shape index (κ1) is 20.6. The maximum Gasteiger partial charge on any atom is 0.255 e. The number of unbranched alkanes of at least 4 members (excludes halogenated alkanes) is 2. The number of carbonyl (C=O) groups excluding carboxylic acids is 1. The van der Waals surface area contributed by atoms with Gasteiger partial charge in [0.2, 0.25) is 5.95 Å². The van der Waals surface area contributed by atoms with E-state index in [1.165, 1.54) is 0 Å². The van der Waals surface area contributed by atoms with Crippen LogP contribution in [0.1, 0.15) is 49.9 Å². The highest BCUT2D eigenvalue weighted by Crippen LogP contribution is 2.21. The molecule has 0 saturated carbocycles. The molecule has 0 radical (unpaired) electrons. The molecule has 7 heteroatoms. The van der Waals surface area contributed by atoms with Gasteiger partial charge in [-0.1, -0.05) is 26.7 Å². The lowest BCUT2D eigenvalue weighted by Crippen LogP contribution is -2.33. The van der Waals surface area contributed by atoms with Gasteiger partial charge in [-0.2, -0.15) is 4.98 Å². The number of H-pyrrole nitrogens is 1. The summed E-state index contributed by atoms with van der Waals surface area (Å²) in [6.45, 7) is 5.83. The van der Waals surface area contributed by atoms with Gasteiger partial charge in [-0.25, -0.2) is 4.98 Å². The Kier molecular flexibility index (Phi) is 7.05. The zero-order valence-electron chi connectivity index (χ0n) is 17.4. The summed E-state index contributed by atoms with van der Waals surface area (Å²) in [5.41, 5.74) is 2.78. The number of amides is 1. The fourth-order valence-corrected chi connectivity index (χ4v) is 3.08. The number of imidazole rings is 1. The molecule has 29 heavy (non-hydrogen) atoms. The second kappa shape index (κ2) is 9.91. The third kappa shape index (κ3) is 5.25. The highest BCUT2D eigenvalue weighted by molar-refractivity contribution is 5.96. The molecule has 3 rings (SSSR count). The van der Waals surface area contributed by atoms with Gasteiger partial charge in [-0.05, 0) is 43.2 Å². The minimum Gasteiger partial charge on any atom is -0.497 e. The van der Waals surface area contributed by atoms with E-state index in [4.69, 9.17) is 4.74 Å². The molecule has 2 N–H and O–H groups in total. The van der Waals surface area contributed by atoms with Gasteiger partial charge in [0.25, 0.3) is 5.91 Å². The Morgan fingerprint density at radius 2 is 1.83 bits per heavy atom. The zero-order valence-corrected chi connectivity index (χ0v) is 17.4. The number of hydrogen-bond donors (Lipinski definition) is 2. The third-order valence-corrected chi connectivity index (χ3v) is 4.79. The Morgan fingerprint density at radius 1 is 1.14 bits per heavy atom. The van der Waals surface area contributed by atoms with Gasteiger partial charge in [0.15, 0.2) is 5.65 Å². The Hall–Kier alpha value is -3.09. The minimum absolute atomic E-state index is 0.0283. The summed E-state index contributed by atoms with van der Waals surface area (Å²) in [6.07, 6.45) is 5.76. The summed E-state index contributed by atoms with van der Waals surface area (Å²) in [7, 11) is 1.64. The molecule has 0 saturated heterocycles. The van der Waals surface area contributed by atoms with Crippen molar-refractivity contribution in [2.75, 3.05) is 25.5 Å². The van der Waals surface area contributed by atoms with Crippen LogP contribution in [0.2, 0.25) is 0 Å². The first-order valence-corrected chi connectivity index (χ1v) is 10.2. The van der Waals surface area contributed by atoms with E-state index in [2.05, 4.69) is 34.1 Å². The molecule has 154 valence electrons. The normalized spacial score (nSPS) is 10.9. The van der Waals surface area contributed by atoms with Gasteiger partial charge in [-0.3, -0.25) is 4.79 Å². The molecule has 0 unspecified atom stereocenters. The number of methoxy groups -OCH3 is 1. The smallest absolute Gasteiger partial charge is 0.255 e. The molecule has 2 aromatic heterocycles. The molecular formula is C22H29N5O2. The van der Waals surface area contributed by atoms with Crippen molar-refractivity contribution in [1.29, 1.82) is 0 Å². The number of hydrogen-bond acceptors (Lipinski definition) is 5. The van der Waals surface area contributed by atoms with E-state index in [1.54, 1.807) is 13.3 Å². The van der Waals surface area contributed by atoms with E-state index in [0.29, 0.717) is 17.2 Å². The topological polar surface area (TPSA) is 83.1 Å². The lowest BCUT2D eigenvalue weighted by Gasteiger charge is -2.22. The number of rotatable bonds is 10. The van der Waals surface area contributed by atoms with E-state index in [0.717, 1.165) is 55.7 Å². The van der Waals surface area contributed by atoms with E-state index >= 15 is 0 Å². The molecule has 0 atom stereocenters. The van der Waals surface area contributed by atoms with Crippen molar-refractivity contribution in [2.45, 2.75) is 39.5 Å². The quantitative estimate of drug-likeness (QED) is 0.517. The fraction of sp³-hybridized carbons (Fsp3) is 0.409. The number of nitrogens with one attached hydrogen (secondary N) is 2. The van der Waals surface area contributed by atoms with Gasteiger partial charge in [0.1, 0.15) is 5.75 Å². The Labute approximate surface area is 171 Å². The van der Waals surface area contributed by atoms with Gasteiger partial charge >= 0.3 is 0 Å². The lowest BCUT2D eigenvalue weighted by molar-refractivity contribution is 0.0751. The summed E-state index contributed by atoms with van der Waals surface area (Å²) >= 11 is 0. The van der Waals surface area contributed by atoms with Crippen molar-refractivity contribution >= 4 is 28.7 Å². The monoisotopic (exact) mass is 395 g/mol. The van der Waals surface area contributed by atoms with Crippen molar-refractivity contribution < 1.29 is 9.53 Å². The van der Waals surface area contributed by atoms with Gasteiger partial charge in [0, 0.05) is 25.0 Å². The molecule has 7 nitrogen and oxygen atoms in total. The summed E-state index contributed by atoms with van der Waals surface area (Å²) in [5.74, 6) is 1.40. The average molecular weight is 396 g/mol. The average Bonchev–Trinajstić information content (AvgIpc) is 3.15. The summed E-state index contributed by atoms with van der Waals surface area (Å²) in [6, 6.07) is 9.41. The summed E-state index contributed by atoms with van der Waals surface area (Å²) in [4.78, 5) is 27.0. The van der Waals surface area contributed by atoms with Crippen molar-refractivity contribution in [3.63, 3.8) is 0 Å². The zero-order chi connectivity index (χ0) is 20.6. The largest absolute Gasteiger partial charge is 0.497 e. The van der Waals surface area contributed by atoms with Crippen molar-refractivity contribution in [2.24, 2.45) is 0 Å². The second-order valence-corrected chi connectivity index (χ2v) is 7.03. The molecule has 0 aliphatic rings. The van der Waals surface area contributed by atoms with Crippen LogP contribution in [0, 0.1) is 0 Å². The van der Waals surface area contributed by atoms with Crippen LogP contribution >= 0.6 is 0 Å². The van der Waals surface area contributed by atoms with E-state index in [9.17, 15) is 4.79 Å². The van der Waals surface area contributed by atoms with E-state index in [1.807, 2.05) is 35.2 Å². The molecular weight excluding hydrogens is 366 g/mol. The number of aromatic amines is 1. The number of aromatic nitrogens is 3. The number of nitrogens with zero attached hydrogens (tertiary/aromatic N) is 3. The minimum atomic E-state index is 0.0283. The van der Waals surface area contributed by atoms with Crippen molar-refractivity contribution in [3.05, 3.63) is 42.1 Å². The first-order chi connectivity index (χ1) is 14.1. The highest BCUT2D eigenvalue weighted by Gasteiger charge is 2.17. The molecule has 0 aliphatic carbocycles. The Morgan fingerprint density at radius 3 is 2.45 bits per heavy atom. The van der Waals surface area contributed by atoms with E-state index < -0.39 is 0 Å². The lowest BCUT2D eigenvalue weighted by atomic mass is 10.2. The molecule has 0 aliphatic heterocycles. The molecule has 0 bridgehead atoms. The summed E-state index contributed by atoms with van der Waals surface area (Å²) < 4.78 is 5.17. The maximum absolute atomic E-state index is 13.0. The van der Waals surface area contributed by atoms with Crippen LogP contribution in [0.4, 0.5) is 11.6 Å². The molecule has 0 spiro atoms. The standard InChI is InChI=1S/C22H29N5O2/c1-4-6-12-27(13-7-5-2)21(28)16-14-19-20(23-15-16)26-22(25-19)24-17-8-10-18(29-3)11-9-17/h8-11,14-15H,4-7,12-13H2,1-3H3,(H2,23,24,25,26). The molecule has 1 amide bonds. The van der Waals surface area contributed by atoms with Crippen LogP contribution in [0.3, 0.4) is 0 Å². The van der Waals surface area contributed by atoms with E-state index in [-0.39, 0.29) is 5.91 Å². The van der Waals surface area contributed by atoms with Crippen LogP contribution in [-0.4, -0.2) is 46.0 Å². The second-order valence-electron chi connectivity index (χ2n) is 7.03. The predicted molar refractivity (Wildman–Crippen MR) is 116 cm³/mol. The molecule has 0 fully saturated rings. The number of pyridine rings is 1. The van der Waals surface area contributed by atoms with Gasteiger partial charge in [-0.15, -0.1) is 0 Å². The van der Waals surface area contributed by atoms with Crippen LogP contribution in [0.5, 0.6) is 5.75 Å². The first-order valence-electron chi connectivity index (χ1n) is 10.2. The number of benzene rings is 1. The maximum atomic E-state index is 13.0. The van der Waals surface area contributed by atoms with Crippen LogP contribution in [-0.2, 0) is 0 Å². The van der Waals surface area contributed by atoms with Gasteiger partial charge < -0.3 is 19.9 Å². The fourth-order valence-electron chi connectivity index (χ4n) is 3.08. The number of ether oxygens (including phenoxy) is 1. The highest BCUT2D eigenvalue weighted by atomic mass is 16.5. The third-order valence-electron chi connectivity index (χ3n) is 4.79. The molecule has 3 aromatic rings. The summed E-state index contributed by atoms with van der Waals surface area (Å²) in [5, 5.41) is 3.21. The number of fused-ring (bicyclic) bond motifs is 1. The van der Waals surface area contributed by atoms with Crippen LogP contribution in [0.15, 0.2) is 36.5 Å². The Balaban J connectivity index is 1.77. The Bertz CT molecular complexity index is 928. The van der Waals surface area contributed by atoms with Gasteiger partial charge in [0.05, 0.1) is 18.2 Å². The SMILES string of the molecule is CCCCN(CCCC)C(=O)c1cnc2nc(Nc3ccc(OC)cc3)[nH]c2c1. The number of carbonyl (C=O) groups is 1. The van der Waals surface area contributed by atoms with Crippen LogP contribution < -0.4 is 10.1 Å². The predicted octanol–water partition coefficient (Wildman–Crippen LogP) is 4.75. The van der Waals surface area contributed by atoms with Crippen molar-refractivity contribution in [1.82, 2.24) is 19.9 Å². The molecule has 2 heterocycles.